The van der Waals surface area contributed by atoms with E-state index < -0.39 is 0 Å². The molecule has 114 valence electrons. The molecule has 0 aliphatic heterocycles. The Balaban J connectivity index is 2.06. The number of nitrogens with one attached hydrogen (secondary N) is 1. The van der Waals surface area contributed by atoms with E-state index in [9.17, 15) is 0 Å². The number of nitrogens with zero attached hydrogens (tertiary/aromatic N) is 3. The molecule has 1 heterocycles. The van der Waals surface area contributed by atoms with Gasteiger partial charge in [0.2, 0.25) is 0 Å². The van der Waals surface area contributed by atoms with Gasteiger partial charge < -0.3 is 19.4 Å². The molecule has 1 unspecified atom stereocenters. The first kappa shape index (κ1) is 15.3. The van der Waals surface area contributed by atoms with E-state index >= 15 is 0 Å². The summed E-state index contributed by atoms with van der Waals surface area (Å²) in [6.45, 7) is 4.70. The molecule has 2 aromatic rings. The Morgan fingerprint density at radius 3 is 2.48 bits per heavy atom. The Kier molecular flexibility index (Phi) is 4.80. The van der Waals surface area contributed by atoms with Gasteiger partial charge in [0.15, 0.2) is 11.5 Å². The molecule has 0 bridgehead atoms. The first-order valence-corrected chi connectivity index (χ1v) is 6.87. The minimum absolute atomic E-state index is 0.168. The van der Waals surface area contributed by atoms with Crippen molar-refractivity contribution in [2.75, 3.05) is 14.2 Å². The third-order valence-corrected chi connectivity index (χ3v) is 3.66. The normalized spacial score (nSPS) is 12.2. The topological polar surface area (TPSA) is 61.2 Å². The number of benzene rings is 1. The second kappa shape index (κ2) is 6.58. The summed E-state index contributed by atoms with van der Waals surface area (Å²) in [6, 6.07) is 6.10. The van der Waals surface area contributed by atoms with E-state index in [2.05, 4.69) is 22.4 Å². The molecule has 6 nitrogen and oxygen atoms in total. The van der Waals surface area contributed by atoms with Gasteiger partial charge in [0, 0.05) is 13.1 Å². The van der Waals surface area contributed by atoms with E-state index in [1.165, 1.54) is 0 Å². The second-order valence-corrected chi connectivity index (χ2v) is 4.94. The second-order valence-electron chi connectivity index (χ2n) is 4.94. The maximum absolute atomic E-state index is 5.33. The van der Waals surface area contributed by atoms with Crippen LogP contribution in [0, 0.1) is 6.92 Å². The van der Waals surface area contributed by atoms with Gasteiger partial charge in [0.25, 0.3) is 0 Å². The van der Waals surface area contributed by atoms with Crippen molar-refractivity contribution in [3.63, 3.8) is 0 Å². The van der Waals surface area contributed by atoms with E-state index in [-0.39, 0.29) is 6.04 Å². The minimum Gasteiger partial charge on any atom is -0.493 e. The fourth-order valence-corrected chi connectivity index (χ4v) is 2.09. The van der Waals surface area contributed by atoms with Crippen LogP contribution in [0.3, 0.4) is 0 Å². The Labute approximate surface area is 125 Å². The van der Waals surface area contributed by atoms with Crippen molar-refractivity contribution in [1.29, 1.82) is 0 Å². The summed E-state index contributed by atoms with van der Waals surface area (Å²) in [7, 11) is 5.24. The van der Waals surface area contributed by atoms with Crippen molar-refractivity contribution < 1.29 is 9.47 Å². The Morgan fingerprint density at radius 2 is 1.90 bits per heavy atom. The molecule has 0 fully saturated rings. The van der Waals surface area contributed by atoms with Crippen LogP contribution < -0.4 is 14.8 Å². The fraction of sp³-hybridized carbons (Fsp3) is 0.467. The number of methoxy groups -OCH3 is 2. The highest BCUT2D eigenvalue weighted by atomic mass is 16.5. The molecule has 1 N–H and O–H groups in total. The number of aryl methyl sites for hydroxylation is 1. The summed E-state index contributed by atoms with van der Waals surface area (Å²) < 4.78 is 12.6. The molecular formula is C15H22N4O2. The van der Waals surface area contributed by atoms with Gasteiger partial charge >= 0.3 is 0 Å². The zero-order valence-electron chi connectivity index (χ0n) is 13.2. The molecule has 0 spiro atoms. The molecule has 21 heavy (non-hydrogen) atoms. The van der Waals surface area contributed by atoms with Crippen molar-refractivity contribution >= 4 is 0 Å². The van der Waals surface area contributed by atoms with Gasteiger partial charge in [-0.15, -0.1) is 10.2 Å². The van der Waals surface area contributed by atoms with Gasteiger partial charge in [0.1, 0.15) is 11.6 Å². The van der Waals surface area contributed by atoms with Crippen molar-refractivity contribution in [2.24, 2.45) is 7.05 Å². The van der Waals surface area contributed by atoms with Crippen molar-refractivity contribution in [2.45, 2.75) is 26.4 Å². The molecule has 2 rings (SSSR count). The lowest BCUT2D eigenvalue weighted by molar-refractivity contribution is 0.354. The quantitative estimate of drug-likeness (QED) is 0.881. The summed E-state index contributed by atoms with van der Waals surface area (Å²) in [5.41, 5.74) is 1.13. The third kappa shape index (κ3) is 3.33. The SMILES string of the molecule is COc1ccc(C(C)NCc2nnc(C)n2C)cc1OC. The number of rotatable bonds is 6. The lowest BCUT2D eigenvalue weighted by atomic mass is 10.1. The molecule has 0 radical (unpaired) electrons. The van der Waals surface area contributed by atoms with Crippen LogP contribution >= 0.6 is 0 Å². The van der Waals surface area contributed by atoms with Crippen LogP contribution in [0.5, 0.6) is 11.5 Å². The predicted octanol–water partition coefficient (Wildman–Crippen LogP) is 1.99. The average Bonchev–Trinajstić information content (AvgIpc) is 2.83. The van der Waals surface area contributed by atoms with Crippen LogP contribution in [0.25, 0.3) is 0 Å². The van der Waals surface area contributed by atoms with E-state index in [4.69, 9.17) is 9.47 Å². The zero-order chi connectivity index (χ0) is 15.4. The smallest absolute Gasteiger partial charge is 0.161 e. The monoisotopic (exact) mass is 290 g/mol. The average molecular weight is 290 g/mol. The lowest BCUT2D eigenvalue weighted by Crippen LogP contribution is -2.20. The molecule has 1 aromatic heterocycles. The Bertz CT molecular complexity index is 610. The number of aromatic nitrogens is 3. The highest BCUT2D eigenvalue weighted by Gasteiger charge is 2.11. The number of hydrogen-bond donors (Lipinski definition) is 1. The van der Waals surface area contributed by atoms with E-state index in [0.717, 1.165) is 28.7 Å². The largest absolute Gasteiger partial charge is 0.493 e. The molecule has 0 aliphatic carbocycles. The highest BCUT2D eigenvalue weighted by molar-refractivity contribution is 5.43. The summed E-state index contributed by atoms with van der Waals surface area (Å²) in [5, 5.41) is 11.6. The zero-order valence-corrected chi connectivity index (χ0v) is 13.2. The van der Waals surface area contributed by atoms with E-state index in [1.807, 2.05) is 36.7 Å². The first-order chi connectivity index (χ1) is 10.1. The summed E-state index contributed by atoms with van der Waals surface area (Å²) in [4.78, 5) is 0. The van der Waals surface area contributed by atoms with Crippen LogP contribution in [-0.2, 0) is 13.6 Å². The fourth-order valence-electron chi connectivity index (χ4n) is 2.09. The molecule has 0 saturated carbocycles. The molecule has 0 aliphatic rings. The van der Waals surface area contributed by atoms with Gasteiger partial charge in [0.05, 0.1) is 20.8 Å². The van der Waals surface area contributed by atoms with E-state index in [1.54, 1.807) is 14.2 Å². The van der Waals surface area contributed by atoms with Gasteiger partial charge in [-0.25, -0.2) is 0 Å². The molecule has 0 amide bonds. The van der Waals surface area contributed by atoms with Crippen LogP contribution in [-0.4, -0.2) is 29.0 Å². The Hall–Kier alpha value is -2.08. The van der Waals surface area contributed by atoms with E-state index in [0.29, 0.717) is 6.54 Å². The molecule has 6 heteroatoms. The highest BCUT2D eigenvalue weighted by Crippen LogP contribution is 2.29. The lowest BCUT2D eigenvalue weighted by Gasteiger charge is -2.16. The number of ether oxygens (including phenoxy) is 2. The standard InChI is InChI=1S/C15H22N4O2/c1-10(16-9-15-18-17-11(2)19(15)3)12-6-7-13(20-4)14(8-12)21-5/h6-8,10,16H,9H2,1-5H3. The first-order valence-electron chi connectivity index (χ1n) is 6.87. The molecule has 0 saturated heterocycles. The van der Waals surface area contributed by atoms with Crippen LogP contribution in [0.1, 0.15) is 30.2 Å². The van der Waals surface area contributed by atoms with Gasteiger partial charge in [-0.2, -0.15) is 0 Å². The van der Waals surface area contributed by atoms with Crippen LogP contribution in [0.15, 0.2) is 18.2 Å². The summed E-state index contributed by atoms with van der Waals surface area (Å²) in [5.74, 6) is 3.29. The minimum atomic E-state index is 0.168. The summed E-state index contributed by atoms with van der Waals surface area (Å²) in [6.07, 6.45) is 0. The van der Waals surface area contributed by atoms with Gasteiger partial charge in [-0.1, -0.05) is 6.07 Å². The molecule has 1 aromatic carbocycles. The van der Waals surface area contributed by atoms with Gasteiger partial charge in [-0.05, 0) is 31.5 Å². The third-order valence-electron chi connectivity index (χ3n) is 3.66. The van der Waals surface area contributed by atoms with Crippen molar-refractivity contribution in [1.82, 2.24) is 20.1 Å². The maximum atomic E-state index is 5.33. The molecule has 1 atom stereocenters. The number of hydrogen-bond acceptors (Lipinski definition) is 5. The van der Waals surface area contributed by atoms with Crippen LogP contribution in [0.2, 0.25) is 0 Å². The Morgan fingerprint density at radius 1 is 1.19 bits per heavy atom. The van der Waals surface area contributed by atoms with Gasteiger partial charge in [-0.3, -0.25) is 0 Å². The van der Waals surface area contributed by atoms with Crippen molar-refractivity contribution in [3.8, 4) is 11.5 Å². The van der Waals surface area contributed by atoms with Crippen molar-refractivity contribution in [3.05, 3.63) is 35.4 Å². The summed E-state index contributed by atoms with van der Waals surface area (Å²) >= 11 is 0. The maximum Gasteiger partial charge on any atom is 0.161 e. The molecular weight excluding hydrogens is 268 g/mol. The van der Waals surface area contributed by atoms with Crippen LogP contribution in [0.4, 0.5) is 0 Å². The predicted molar refractivity (Wildman–Crippen MR) is 80.5 cm³/mol.